The number of carboxylic acids is 1. The van der Waals surface area contributed by atoms with E-state index in [4.69, 9.17) is 0 Å². The molecule has 162 valence electrons. The van der Waals surface area contributed by atoms with Crippen molar-refractivity contribution in [2.24, 2.45) is 0 Å². The summed E-state index contributed by atoms with van der Waals surface area (Å²) in [5.74, 6) is -1.07. The molecule has 0 bridgehead atoms. The van der Waals surface area contributed by atoms with Crippen LogP contribution >= 0.6 is 0 Å². The van der Waals surface area contributed by atoms with Crippen molar-refractivity contribution in [3.8, 4) is 11.4 Å². The van der Waals surface area contributed by atoms with Crippen molar-refractivity contribution in [1.29, 1.82) is 0 Å². The van der Waals surface area contributed by atoms with Crippen molar-refractivity contribution in [2.45, 2.75) is 26.2 Å². The third-order valence-corrected chi connectivity index (χ3v) is 4.88. The molecule has 32 heavy (non-hydrogen) atoms. The Bertz CT molecular complexity index is 1350. The van der Waals surface area contributed by atoms with Gasteiger partial charge in [0, 0.05) is 5.56 Å². The number of carboxylic acid groups (broad SMARTS) is 1. The van der Waals surface area contributed by atoms with Crippen LogP contribution in [0.25, 0.3) is 27.8 Å². The van der Waals surface area contributed by atoms with E-state index in [1.807, 2.05) is 69.3 Å². The summed E-state index contributed by atoms with van der Waals surface area (Å²) in [7, 11) is 0. The number of aromatic amines is 1. The fourth-order valence-corrected chi connectivity index (χ4v) is 3.22. The van der Waals surface area contributed by atoms with Gasteiger partial charge in [0.1, 0.15) is 28.0 Å². The largest absolute Gasteiger partial charge is 0.505 e. The number of nitrogens with zero attached hydrogens (tertiary/aromatic N) is 5. The molecule has 9 nitrogen and oxygen atoms in total. The SMILES string of the molecule is CC(C)(C)c1cc(C(=O)O)cc(-n2nc3ccccc3n2)c1O.c1ccc2[nH]nnc2c1. The number of aromatic carboxylic acids is 1. The minimum atomic E-state index is -1.06. The highest BCUT2D eigenvalue weighted by atomic mass is 16.4. The molecule has 0 amide bonds. The third-order valence-electron chi connectivity index (χ3n) is 4.88. The van der Waals surface area contributed by atoms with E-state index in [9.17, 15) is 15.0 Å². The summed E-state index contributed by atoms with van der Waals surface area (Å²) < 4.78 is 0. The molecule has 5 rings (SSSR count). The molecule has 0 aliphatic rings. The van der Waals surface area contributed by atoms with Crippen LogP contribution < -0.4 is 0 Å². The summed E-state index contributed by atoms with van der Waals surface area (Å²) in [4.78, 5) is 12.7. The number of aromatic nitrogens is 6. The standard InChI is InChI=1S/C17H17N3O3.C6H5N3/c1-17(2,3)11-8-10(16(22)23)9-14(15(11)21)20-18-12-6-4-5-7-13(12)19-20;1-2-4-6-5(3-1)7-9-8-6/h4-9,21H,1-3H3,(H,22,23);1-4H,(H,7,8,9). The van der Waals surface area contributed by atoms with E-state index in [1.165, 1.54) is 16.9 Å². The lowest BCUT2D eigenvalue weighted by Crippen LogP contribution is -2.15. The monoisotopic (exact) mass is 430 g/mol. The summed E-state index contributed by atoms with van der Waals surface area (Å²) in [6.07, 6.45) is 0. The highest BCUT2D eigenvalue weighted by Gasteiger charge is 2.24. The van der Waals surface area contributed by atoms with Gasteiger partial charge in [-0.05, 0) is 41.8 Å². The van der Waals surface area contributed by atoms with Gasteiger partial charge in [-0.25, -0.2) is 4.79 Å². The number of H-pyrrole nitrogens is 1. The van der Waals surface area contributed by atoms with E-state index >= 15 is 0 Å². The van der Waals surface area contributed by atoms with Gasteiger partial charge in [0.25, 0.3) is 0 Å². The number of rotatable bonds is 2. The molecule has 0 aliphatic carbocycles. The van der Waals surface area contributed by atoms with E-state index in [1.54, 1.807) is 0 Å². The molecule has 0 saturated carbocycles. The Kier molecular flexibility index (Phi) is 5.31. The second-order valence-corrected chi connectivity index (χ2v) is 8.25. The number of carbonyl (C=O) groups is 1. The van der Waals surface area contributed by atoms with Gasteiger partial charge in [-0.15, -0.1) is 20.1 Å². The zero-order valence-corrected chi connectivity index (χ0v) is 17.8. The molecule has 0 spiro atoms. The number of hydrogen-bond acceptors (Lipinski definition) is 6. The van der Waals surface area contributed by atoms with Gasteiger partial charge in [-0.2, -0.15) is 0 Å². The summed E-state index contributed by atoms with van der Waals surface area (Å²) in [6.45, 7) is 5.72. The van der Waals surface area contributed by atoms with Crippen LogP contribution in [-0.2, 0) is 5.41 Å². The fourth-order valence-electron chi connectivity index (χ4n) is 3.22. The molecule has 0 saturated heterocycles. The van der Waals surface area contributed by atoms with Crippen LogP contribution in [0.1, 0.15) is 36.7 Å². The molecular weight excluding hydrogens is 408 g/mol. The lowest BCUT2D eigenvalue weighted by molar-refractivity contribution is 0.0696. The number of aromatic hydroxyl groups is 1. The van der Waals surface area contributed by atoms with Crippen molar-refractivity contribution in [1.82, 2.24) is 30.4 Å². The first kappa shape index (κ1) is 21.0. The van der Waals surface area contributed by atoms with Gasteiger partial charge >= 0.3 is 5.97 Å². The van der Waals surface area contributed by atoms with Gasteiger partial charge in [-0.3, -0.25) is 5.10 Å². The average Bonchev–Trinajstić information content (AvgIpc) is 3.40. The van der Waals surface area contributed by atoms with Crippen LogP contribution in [0.2, 0.25) is 0 Å². The maximum absolute atomic E-state index is 11.4. The van der Waals surface area contributed by atoms with Crippen molar-refractivity contribution >= 4 is 28.0 Å². The smallest absolute Gasteiger partial charge is 0.335 e. The van der Waals surface area contributed by atoms with Crippen LogP contribution in [0.3, 0.4) is 0 Å². The summed E-state index contributed by atoms with van der Waals surface area (Å²) in [5.41, 5.74) is 3.70. The number of hydrogen-bond donors (Lipinski definition) is 3. The van der Waals surface area contributed by atoms with E-state index in [0.29, 0.717) is 16.6 Å². The second kappa shape index (κ2) is 8.10. The minimum absolute atomic E-state index is 0.0113. The maximum atomic E-state index is 11.4. The van der Waals surface area contributed by atoms with Gasteiger partial charge < -0.3 is 10.2 Å². The predicted octanol–water partition coefficient (Wildman–Crippen LogP) is 4.08. The van der Waals surface area contributed by atoms with Crippen LogP contribution in [0, 0.1) is 0 Å². The topological polar surface area (TPSA) is 130 Å². The molecule has 3 N–H and O–H groups in total. The molecule has 0 aliphatic heterocycles. The van der Waals surface area contributed by atoms with Crippen molar-refractivity contribution in [3.63, 3.8) is 0 Å². The van der Waals surface area contributed by atoms with E-state index < -0.39 is 11.4 Å². The molecule has 0 atom stereocenters. The Labute approximate surface area is 183 Å². The van der Waals surface area contributed by atoms with Gasteiger partial charge in [0.05, 0.1) is 11.1 Å². The lowest BCUT2D eigenvalue weighted by Gasteiger charge is -2.22. The van der Waals surface area contributed by atoms with Gasteiger partial charge in [0.15, 0.2) is 0 Å². The molecule has 0 unspecified atom stereocenters. The Morgan fingerprint density at radius 3 is 2.09 bits per heavy atom. The zero-order valence-electron chi connectivity index (χ0n) is 17.8. The predicted molar refractivity (Wildman–Crippen MR) is 120 cm³/mol. The molecule has 2 aromatic heterocycles. The lowest BCUT2D eigenvalue weighted by atomic mass is 9.85. The van der Waals surface area contributed by atoms with Crippen molar-refractivity contribution < 1.29 is 15.0 Å². The van der Waals surface area contributed by atoms with Crippen LogP contribution in [0.4, 0.5) is 0 Å². The highest BCUT2D eigenvalue weighted by Crippen LogP contribution is 2.36. The normalized spacial score (nSPS) is 11.3. The number of para-hydroxylation sites is 1. The first-order chi connectivity index (χ1) is 15.2. The first-order valence-corrected chi connectivity index (χ1v) is 9.93. The average molecular weight is 430 g/mol. The van der Waals surface area contributed by atoms with E-state index in [-0.39, 0.29) is 17.0 Å². The van der Waals surface area contributed by atoms with E-state index in [2.05, 4.69) is 25.6 Å². The Morgan fingerprint density at radius 1 is 0.938 bits per heavy atom. The summed E-state index contributed by atoms with van der Waals surface area (Å²) in [6, 6.07) is 17.9. The molecule has 5 aromatic rings. The van der Waals surface area contributed by atoms with E-state index in [0.717, 1.165) is 11.0 Å². The number of phenolic OH excluding ortho intramolecular Hbond substituents is 1. The summed E-state index contributed by atoms with van der Waals surface area (Å²) >= 11 is 0. The van der Waals surface area contributed by atoms with Crippen molar-refractivity contribution in [3.05, 3.63) is 71.8 Å². The third kappa shape index (κ3) is 4.13. The van der Waals surface area contributed by atoms with Crippen LogP contribution in [-0.4, -0.2) is 46.6 Å². The number of benzene rings is 3. The Hall–Kier alpha value is -4.27. The first-order valence-electron chi connectivity index (χ1n) is 9.93. The quantitative estimate of drug-likeness (QED) is 0.385. The molecule has 0 fully saturated rings. The fraction of sp³-hybridized carbons (Fsp3) is 0.174. The zero-order chi connectivity index (χ0) is 22.9. The minimum Gasteiger partial charge on any atom is -0.505 e. The Balaban J connectivity index is 0.000000225. The van der Waals surface area contributed by atoms with Crippen LogP contribution in [0.15, 0.2) is 60.7 Å². The molecule has 2 heterocycles. The number of phenols is 1. The molecule has 3 aromatic carbocycles. The Morgan fingerprint density at radius 2 is 1.53 bits per heavy atom. The molecule has 9 heteroatoms. The second-order valence-electron chi connectivity index (χ2n) is 8.25. The summed E-state index contributed by atoms with van der Waals surface area (Å²) in [5, 5.41) is 38.8. The maximum Gasteiger partial charge on any atom is 0.335 e. The number of nitrogens with one attached hydrogen (secondary N) is 1. The van der Waals surface area contributed by atoms with Gasteiger partial charge in [-0.1, -0.05) is 50.3 Å². The highest BCUT2D eigenvalue weighted by molar-refractivity contribution is 5.89. The van der Waals surface area contributed by atoms with Crippen LogP contribution in [0.5, 0.6) is 5.75 Å². The van der Waals surface area contributed by atoms with Crippen molar-refractivity contribution in [2.75, 3.05) is 0 Å². The molecule has 0 radical (unpaired) electrons. The van der Waals surface area contributed by atoms with Gasteiger partial charge in [0.2, 0.25) is 0 Å². The number of fused-ring (bicyclic) bond motifs is 2. The molecular formula is C23H22N6O3.